The molecule has 0 saturated carbocycles. The predicted molar refractivity (Wildman–Crippen MR) is 137 cm³/mol. The Morgan fingerprint density at radius 1 is 1.00 bits per heavy atom. The third-order valence-corrected chi connectivity index (χ3v) is 6.26. The molecule has 0 aliphatic carbocycles. The maximum absolute atomic E-state index is 14.0. The third kappa shape index (κ3) is 5.33. The van der Waals surface area contributed by atoms with Gasteiger partial charge in [-0.2, -0.15) is 5.10 Å². The van der Waals surface area contributed by atoms with Crippen LogP contribution in [0.3, 0.4) is 0 Å². The molecule has 1 amide bonds. The molecule has 0 spiro atoms. The van der Waals surface area contributed by atoms with Crippen molar-refractivity contribution < 1.29 is 18.7 Å². The zero-order valence-corrected chi connectivity index (χ0v) is 20.0. The van der Waals surface area contributed by atoms with E-state index in [1.807, 2.05) is 43.3 Å². The van der Waals surface area contributed by atoms with Gasteiger partial charge in [-0.05, 0) is 66.4 Å². The smallest absolute Gasteiger partial charge is 0.226 e. The van der Waals surface area contributed by atoms with Crippen LogP contribution in [0.5, 0.6) is 5.75 Å². The highest BCUT2D eigenvalue weighted by atomic mass is 19.1. The number of amides is 1. The van der Waals surface area contributed by atoms with Crippen LogP contribution in [0.15, 0.2) is 79.0 Å². The first-order valence-electron chi connectivity index (χ1n) is 11.8. The molecule has 6 nitrogen and oxygen atoms in total. The molecule has 0 aliphatic rings. The fourth-order valence-corrected chi connectivity index (χ4v) is 4.57. The highest BCUT2D eigenvalue weighted by Crippen LogP contribution is 2.31. The molecule has 37 heavy (non-hydrogen) atoms. The SMILES string of the molecule is Cc1ccccc1-c1cccnc1C(Cc1cc(F)cc(F)c1)NC(=O)Cc1[nH]nc2ccc(O)cc12. The number of aryl methyl sites for hydroxylation is 1. The normalized spacial score (nSPS) is 12.0. The summed E-state index contributed by atoms with van der Waals surface area (Å²) in [5.74, 6) is -1.65. The average Bonchev–Trinajstić information content (AvgIpc) is 3.25. The fraction of sp³-hybridized carbons (Fsp3) is 0.138. The van der Waals surface area contributed by atoms with E-state index in [0.717, 1.165) is 22.8 Å². The lowest BCUT2D eigenvalue weighted by molar-refractivity contribution is -0.121. The number of aromatic hydroxyl groups is 1. The minimum absolute atomic E-state index is 0.0412. The molecule has 8 heteroatoms. The highest BCUT2D eigenvalue weighted by Gasteiger charge is 2.23. The van der Waals surface area contributed by atoms with Gasteiger partial charge in [-0.3, -0.25) is 14.9 Å². The molecule has 0 fully saturated rings. The van der Waals surface area contributed by atoms with E-state index in [2.05, 4.69) is 20.5 Å². The maximum Gasteiger partial charge on any atom is 0.226 e. The number of benzene rings is 3. The van der Waals surface area contributed by atoms with E-state index in [-0.39, 0.29) is 24.5 Å². The Bertz CT molecular complexity index is 1580. The summed E-state index contributed by atoms with van der Waals surface area (Å²) < 4.78 is 28.0. The first-order chi connectivity index (χ1) is 17.9. The standard InChI is InChI=1S/C29H24F2N4O2/c1-17-5-2-3-6-22(17)23-7-4-10-32-29(23)27(13-18-11-19(30)14-20(31)12-18)33-28(37)16-26-24-15-21(36)8-9-25(24)34-35-26/h2-12,14-15,27,36H,13,16H2,1H3,(H,33,37)(H,34,35). The van der Waals surface area contributed by atoms with Gasteiger partial charge in [0, 0.05) is 23.2 Å². The molecule has 1 unspecified atom stereocenters. The number of phenolic OH excluding ortho intramolecular Hbond substituents is 1. The van der Waals surface area contributed by atoms with Crippen molar-refractivity contribution in [2.24, 2.45) is 0 Å². The van der Waals surface area contributed by atoms with E-state index in [1.54, 1.807) is 18.3 Å². The quantitative estimate of drug-likeness (QED) is 0.274. The molecule has 0 radical (unpaired) electrons. The lowest BCUT2D eigenvalue weighted by atomic mass is 9.93. The van der Waals surface area contributed by atoms with E-state index in [4.69, 9.17) is 0 Å². The minimum Gasteiger partial charge on any atom is -0.508 e. The van der Waals surface area contributed by atoms with Crippen molar-refractivity contribution in [2.75, 3.05) is 0 Å². The number of hydrogen-bond donors (Lipinski definition) is 3. The van der Waals surface area contributed by atoms with Crippen LogP contribution in [-0.2, 0) is 17.6 Å². The lowest BCUT2D eigenvalue weighted by Gasteiger charge is -2.22. The zero-order chi connectivity index (χ0) is 25.9. The van der Waals surface area contributed by atoms with Gasteiger partial charge in [-0.25, -0.2) is 8.78 Å². The number of H-pyrrole nitrogens is 1. The molecule has 3 N–H and O–H groups in total. The molecular weight excluding hydrogens is 474 g/mol. The van der Waals surface area contributed by atoms with Crippen LogP contribution in [-0.4, -0.2) is 26.2 Å². The number of aromatic nitrogens is 3. The Morgan fingerprint density at radius 3 is 2.54 bits per heavy atom. The fourth-order valence-electron chi connectivity index (χ4n) is 4.57. The third-order valence-electron chi connectivity index (χ3n) is 6.26. The number of pyridine rings is 1. The number of hydrogen-bond acceptors (Lipinski definition) is 4. The van der Waals surface area contributed by atoms with Gasteiger partial charge in [0.1, 0.15) is 17.4 Å². The molecular formula is C29H24F2N4O2. The molecule has 0 saturated heterocycles. The summed E-state index contributed by atoms with van der Waals surface area (Å²) in [6.45, 7) is 1.99. The van der Waals surface area contributed by atoms with Gasteiger partial charge in [0.2, 0.25) is 5.91 Å². The molecule has 5 rings (SSSR count). The van der Waals surface area contributed by atoms with Gasteiger partial charge in [-0.1, -0.05) is 30.3 Å². The van der Waals surface area contributed by atoms with Gasteiger partial charge in [0.15, 0.2) is 0 Å². The summed E-state index contributed by atoms with van der Waals surface area (Å²) in [5.41, 5.74) is 4.94. The summed E-state index contributed by atoms with van der Waals surface area (Å²) in [6.07, 6.45) is 1.72. The monoisotopic (exact) mass is 498 g/mol. The Hall–Kier alpha value is -4.59. The highest BCUT2D eigenvalue weighted by molar-refractivity contribution is 5.88. The minimum atomic E-state index is -0.691. The number of phenols is 1. The number of fused-ring (bicyclic) bond motifs is 1. The second-order valence-corrected chi connectivity index (χ2v) is 8.93. The number of halogens is 2. The number of nitrogens with zero attached hydrogens (tertiary/aromatic N) is 2. The molecule has 0 aliphatic heterocycles. The van der Waals surface area contributed by atoms with E-state index in [9.17, 15) is 18.7 Å². The molecule has 5 aromatic rings. The van der Waals surface area contributed by atoms with Crippen LogP contribution >= 0.6 is 0 Å². The summed E-state index contributed by atoms with van der Waals surface area (Å²) in [4.78, 5) is 17.9. The van der Waals surface area contributed by atoms with Crippen molar-refractivity contribution in [3.8, 4) is 16.9 Å². The Morgan fingerprint density at radius 2 is 1.76 bits per heavy atom. The Balaban J connectivity index is 1.51. The average molecular weight is 499 g/mol. The molecule has 3 aromatic carbocycles. The van der Waals surface area contributed by atoms with Gasteiger partial charge in [-0.15, -0.1) is 0 Å². The number of carbonyl (C=O) groups is 1. The number of nitrogens with one attached hydrogen (secondary N) is 2. The summed E-state index contributed by atoms with van der Waals surface area (Å²) in [5, 5.41) is 20.6. The van der Waals surface area contributed by atoms with Crippen molar-refractivity contribution in [2.45, 2.75) is 25.8 Å². The van der Waals surface area contributed by atoms with Crippen molar-refractivity contribution in [1.82, 2.24) is 20.5 Å². The second-order valence-electron chi connectivity index (χ2n) is 8.93. The Kier molecular flexibility index (Phi) is 6.64. The van der Waals surface area contributed by atoms with Crippen LogP contribution in [0.25, 0.3) is 22.0 Å². The van der Waals surface area contributed by atoms with Crippen LogP contribution in [0, 0.1) is 18.6 Å². The van der Waals surface area contributed by atoms with E-state index in [1.165, 1.54) is 18.2 Å². The van der Waals surface area contributed by atoms with Crippen molar-refractivity contribution in [1.29, 1.82) is 0 Å². The number of rotatable bonds is 7. The molecule has 2 heterocycles. The van der Waals surface area contributed by atoms with Crippen LogP contribution < -0.4 is 5.32 Å². The molecule has 2 aromatic heterocycles. The summed E-state index contributed by atoms with van der Waals surface area (Å²) in [6, 6.07) is 18.9. The Labute approximate surface area is 212 Å². The van der Waals surface area contributed by atoms with Crippen molar-refractivity contribution in [3.05, 3.63) is 113 Å². The van der Waals surface area contributed by atoms with E-state index >= 15 is 0 Å². The van der Waals surface area contributed by atoms with Crippen LogP contribution in [0.2, 0.25) is 0 Å². The van der Waals surface area contributed by atoms with Crippen molar-refractivity contribution in [3.63, 3.8) is 0 Å². The first-order valence-corrected chi connectivity index (χ1v) is 11.8. The number of aromatic amines is 1. The van der Waals surface area contributed by atoms with Gasteiger partial charge in [0.25, 0.3) is 0 Å². The van der Waals surface area contributed by atoms with E-state index in [0.29, 0.717) is 27.9 Å². The summed E-state index contributed by atoms with van der Waals surface area (Å²) in [7, 11) is 0. The summed E-state index contributed by atoms with van der Waals surface area (Å²) >= 11 is 0. The van der Waals surface area contributed by atoms with Gasteiger partial charge < -0.3 is 10.4 Å². The lowest BCUT2D eigenvalue weighted by Crippen LogP contribution is -2.32. The maximum atomic E-state index is 14.0. The van der Waals surface area contributed by atoms with Crippen LogP contribution in [0.1, 0.15) is 28.6 Å². The van der Waals surface area contributed by atoms with Gasteiger partial charge in [0.05, 0.1) is 29.4 Å². The second kappa shape index (κ2) is 10.2. The van der Waals surface area contributed by atoms with Crippen molar-refractivity contribution >= 4 is 16.8 Å². The number of carbonyl (C=O) groups excluding carboxylic acids is 1. The van der Waals surface area contributed by atoms with Crippen LogP contribution in [0.4, 0.5) is 8.78 Å². The topological polar surface area (TPSA) is 90.9 Å². The molecule has 186 valence electrons. The first kappa shape index (κ1) is 24.1. The molecule has 1 atom stereocenters. The predicted octanol–water partition coefficient (Wildman–Crippen LogP) is 5.56. The zero-order valence-electron chi connectivity index (χ0n) is 20.0. The molecule has 0 bridgehead atoms. The van der Waals surface area contributed by atoms with Gasteiger partial charge >= 0.3 is 0 Å². The van der Waals surface area contributed by atoms with E-state index < -0.39 is 17.7 Å². The largest absolute Gasteiger partial charge is 0.508 e.